The lowest BCUT2D eigenvalue weighted by molar-refractivity contribution is -0.147. The predicted molar refractivity (Wildman–Crippen MR) is 48.0 cm³/mol. The summed E-state index contributed by atoms with van der Waals surface area (Å²) >= 11 is 0. The normalized spacial score (nSPS) is 17.3. The van der Waals surface area contributed by atoms with Crippen molar-refractivity contribution < 1.29 is 14.3 Å². The van der Waals surface area contributed by atoms with Gasteiger partial charge in [-0.25, -0.2) is 0 Å². The van der Waals surface area contributed by atoms with E-state index in [9.17, 15) is 9.59 Å². The van der Waals surface area contributed by atoms with E-state index >= 15 is 0 Å². The van der Waals surface area contributed by atoms with E-state index in [2.05, 4.69) is 4.74 Å². The van der Waals surface area contributed by atoms with Crippen LogP contribution >= 0.6 is 0 Å². The lowest BCUT2D eigenvalue weighted by Crippen LogP contribution is -2.22. The molecule has 1 unspecified atom stereocenters. The van der Waals surface area contributed by atoms with Gasteiger partial charge in [-0.05, 0) is 0 Å². The van der Waals surface area contributed by atoms with Gasteiger partial charge in [0.05, 0.1) is 13.0 Å². The third-order valence-electron chi connectivity index (χ3n) is 2.10. The van der Waals surface area contributed by atoms with Crippen molar-refractivity contribution in [3.63, 3.8) is 0 Å². The summed E-state index contributed by atoms with van der Waals surface area (Å²) in [5.41, 5.74) is 0. The van der Waals surface area contributed by atoms with E-state index in [4.69, 9.17) is 0 Å². The molecule has 0 aromatic heterocycles. The molecule has 0 radical (unpaired) electrons. The molecule has 0 saturated carbocycles. The zero-order chi connectivity index (χ0) is 9.68. The van der Waals surface area contributed by atoms with Crippen molar-refractivity contribution in [2.75, 3.05) is 7.11 Å². The van der Waals surface area contributed by atoms with Crippen molar-refractivity contribution in [2.45, 2.75) is 6.42 Å². The molecule has 0 aromatic rings. The number of hydrogen-bond acceptors (Lipinski definition) is 3. The molecule has 0 amide bonds. The summed E-state index contributed by atoms with van der Waals surface area (Å²) in [4.78, 5) is 21.6. The van der Waals surface area contributed by atoms with E-state index in [1.165, 1.54) is 7.11 Å². The van der Waals surface area contributed by atoms with Gasteiger partial charge in [0.1, 0.15) is 6.29 Å². The maximum atomic E-state index is 11.2. The molecule has 0 N–H and O–H groups in total. The van der Waals surface area contributed by atoms with Gasteiger partial charge >= 0.3 is 5.97 Å². The monoisotopic (exact) mass is 180 g/mol. The Morgan fingerprint density at radius 1 is 1.54 bits per heavy atom. The lowest BCUT2D eigenvalue weighted by Gasteiger charge is -2.15. The summed E-state index contributed by atoms with van der Waals surface area (Å²) < 4.78 is 4.61. The fourth-order valence-corrected chi connectivity index (χ4v) is 1.38. The van der Waals surface area contributed by atoms with Gasteiger partial charge in [0.15, 0.2) is 0 Å². The summed E-state index contributed by atoms with van der Waals surface area (Å²) in [5, 5.41) is 0. The van der Waals surface area contributed by atoms with Crippen molar-refractivity contribution in [1.82, 2.24) is 0 Å². The average molecular weight is 180 g/mol. The fourth-order valence-electron chi connectivity index (χ4n) is 1.38. The summed E-state index contributed by atoms with van der Waals surface area (Å²) in [6, 6.07) is 0. The van der Waals surface area contributed by atoms with Crippen LogP contribution in [0.3, 0.4) is 0 Å². The van der Waals surface area contributed by atoms with Crippen molar-refractivity contribution >= 4 is 12.3 Å². The highest BCUT2D eigenvalue weighted by molar-refractivity contribution is 5.76. The molecule has 1 aliphatic carbocycles. The van der Waals surface area contributed by atoms with Crippen LogP contribution in [-0.2, 0) is 14.3 Å². The standard InChI is InChI=1S/C10H12O3/c1-13-10(12)9(6-7-11)8-4-2-3-5-8/h2-5,7-9H,6H2,1H3. The van der Waals surface area contributed by atoms with E-state index in [0.717, 1.165) is 6.29 Å². The Morgan fingerprint density at radius 2 is 2.15 bits per heavy atom. The number of carbonyl (C=O) groups excluding carboxylic acids is 2. The number of hydrogen-bond donors (Lipinski definition) is 0. The molecule has 70 valence electrons. The van der Waals surface area contributed by atoms with Gasteiger partial charge in [-0.15, -0.1) is 0 Å². The molecule has 13 heavy (non-hydrogen) atoms. The number of methoxy groups -OCH3 is 1. The molecule has 0 heterocycles. The first-order valence-corrected chi connectivity index (χ1v) is 4.16. The molecule has 3 heteroatoms. The Morgan fingerprint density at radius 3 is 2.62 bits per heavy atom. The Balaban J connectivity index is 2.66. The molecule has 1 rings (SSSR count). The van der Waals surface area contributed by atoms with E-state index < -0.39 is 0 Å². The predicted octanol–water partition coefficient (Wildman–Crippen LogP) is 1.11. The zero-order valence-electron chi connectivity index (χ0n) is 7.47. The van der Waals surface area contributed by atoms with Crippen LogP contribution in [0.15, 0.2) is 24.3 Å². The minimum absolute atomic E-state index is 0.0117. The number of ether oxygens (including phenoxy) is 1. The summed E-state index contributed by atoms with van der Waals surface area (Å²) in [7, 11) is 1.34. The number of esters is 1. The van der Waals surface area contributed by atoms with Crippen LogP contribution < -0.4 is 0 Å². The van der Waals surface area contributed by atoms with Gasteiger partial charge in [0.25, 0.3) is 0 Å². The topological polar surface area (TPSA) is 43.4 Å². The fraction of sp³-hybridized carbons (Fsp3) is 0.400. The van der Waals surface area contributed by atoms with Gasteiger partial charge < -0.3 is 9.53 Å². The largest absolute Gasteiger partial charge is 0.469 e. The average Bonchev–Trinajstić information content (AvgIpc) is 2.65. The zero-order valence-corrected chi connectivity index (χ0v) is 7.47. The highest BCUT2D eigenvalue weighted by Crippen LogP contribution is 2.23. The number of allylic oxidation sites excluding steroid dienone is 4. The van der Waals surface area contributed by atoms with Crippen LogP contribution in [0.25, 0.3) is 0 Å². The van der Waals surface area contributed by atoms with E-state index in [1.54, 1.807) is 0 Å². The van der Waals surface area contributed by atoms with Crippen LogP contribution in [0.5, 0.6) is 0 Å². The third-order valence-corrected chi connectivity index (χ3v) is 2.10. The second kappa shape index (κ2) is 4.60. The van der Waals surface area contributed by atoms with Crippen LogP contribution in [0.4, 0.5) is 0 Å². The first-order valence-electron chi connectivity index (χ1n) is 4.16. The summed E-state index contributed by atoms with van der Waals surface area (Å²) in [6.45, 7) is 0. The molecule has 1 aliphatic rings. The molecular weight excluding hydrogens is 168 g/mol. The molecule has 3 nitrogen and oxygen atoms in total. The van der Waals surface area contributed by atoms with Crippen LogP contribution in [0.1, 0.15) is 6.42 Å². The van der Waals surface area contributed by atoms with Gasteiger partial charge in [-0.2, -0.15) is 0 Å². The van der Waals surface area contributed by atoms with Crippen molar-refractivity contribution in [1.29, 1.82) is 0 Å². The highest BCUT2D eigenvalue weighted by atomic mass is 16.5. The Kier molecular flexibility index (Phi) is 3.43. The second-order valence-corrected chi connectivity index (χ2v) is 2.88. The Bertz CT molecular complexity index is 241. The van der Waals surface area contributed by atoms with Gasteiger partial charge in [0.2, 0.25) is 0 Å². The second-order valence-electron chi connectivity index (χ2n) is 2.88. The Hall–Kier alpha value is -1.38. The number of carbonyl (C=O) groups is 2. The molecule has 0 bridgehead atoms. The molecule has 0 saturated heterocycles. The Labute approximate surface area is 77.1 Å². The molecule has 1 atom stereocenters. The molecule has 0 fully saturated rings. The van der Waals surface area contributed by atoms with E-state index in [1.807, 2.05) is 24.3 Å². The van der Waals surface area contributed by atoms with Crippen LogP contribution in [-0.4, -0.2) is 19.4 Å². The minimum Gasteiger partial charge on any atom is -0.469 e. The highest BCUT2D eigenvalue weighted by Gasteiger charge is 2.26. The molecular formula is C10H12O3. The van der Waals surface area contributed by atoms with Crippen molar-refractivity contribution in [3.05, 3.63) is 24.3 Å². The van der Waals surface area contributed by atoms with Crippen LogP contribution in [0, 0.1) is 11.8 Å². The van der Waals surface area contributed by atoms with Crippen molar-refractivity contribution in [3.8, 4) is 0 Å². The lowest BCUT2D eigenvalue weighted by atomic mass is 9.91. The summed E-state index contributed by atoms with van der Waals surface area (Å²) in [5.74, 6) is -0.677. The van der Waals surface area contributed by atoms with Gasteiger partial charge in [0, 0.05) is 12.3 Å². The quantitative estimate of drug-likeness (QED) is 0.480. The maximum Gasteiger partial charge on any atom is 0.310 e. The summed E-state index contributed by atoms with van der Waals surface area (Å²) in [6.07, 6.45) is 8.49. The maximum absolute atomic E-state index is 11.2. The molecule has 0 aromatic carbocycles. The molecule has 0 aliphatic heterocycles. The molecule has 0 spiro atoms. The van der Waals surface area contributed by atoms with Crippen LogP contribution in [0.2, 0.25) is 0 Å². The first kappa shape index (κ1) is 9.71. The smallest absolute Gasteiger partial charge is 0.310 e. The van der Waals surface area contributed by atoms with E-state index in [-0.39, 0.29) is 24.2 Å². The third kappa shape index (κ3) is 2.28. The van der Waals surface area contributed by atoms with Gasteiger partial charge in [-0.3, -0.25) is 4.79 Å². The van der Waals surface area contributed by atoms with E-state index in [0.29, 0.717) is 0 Å². The number of rotatable bonds is 4. The van der Waals surface area contributed by atoms with Gasteiger partial charge in [-0.1, -0.05) is 24.3 Å². The number of aldehydes is 1. The first-order chi connectivity index (χ1) is 6.29. The minimum atomic E-state index is -0.363. The van der Waals surface area contributed by atoms with Crippen molar-refractivity contribution in [2.24, 2.45) is 11.8 Å². The SMILES string of the molecule is COC(=O)C(CC=O)C1C=CC=C1.